The predicted octanol–water partition coefficient (Wildman–Crippen LogP) is 1.15. The number of carbonyl (C=O) groups is 1. The molecule has 0 aliphatic heterocycles. The molecule has 1 amide bonds. The number of para-hydroxylation sites is 1. The van der Waals surface area contributed by atoms with Crippen molar-refractivity contribution in [2.24, 2.45) is 0 Å². The number of amides is 1. The minimum absolute atomic E-state index is 0.187. The molecule has 0 saturated carbocycles. The van der Waals surface area contributed by atoms with Gasteiger partial charge in [0.1, 0.15) is 12.4 Å². The fourth-order valence-corrected chi connectivity index (χ4v) is 3.10. The monoisotopic (exact) mass is 366 g/mol. The third-order valence-corrected chi connectivity index (χ3v) is 5.17. The van der Waals surface area contributed by atoms with Crippen LogP contribution in [0.25, 0.3) is 0 Å². The molecule has 0 bridgehead atoms. The zero-order chi connectivity index (χ0) is 18.4. The molecule has 0 aliphatic rings. The van der Waals surface area contributed by atoms with Gasteiger partial charge in [-0.1, -0.05) is 18.2 Å². The summed E-state index contributed by atoms with van der Waals surface area (Å²) in [5.74, 6) is -1.29. The summed E-state index contributed by atoms with van der Waals surface area (Å²) in [6.45, 7) is -0.346. The molecule has 0 spiro atoms. The van der Waals surface area contributed by atoms with E-state index in [0.717, 1.165) is 20.2 Å². The molecule has 25 heavy (non-hydrogen) atoms. The van der Waals surface area contributed by atoms with Crippen molar-refractivity contribution in [3.8, 4) is 0 Å². The number of nitrogens with zero attached hydrogens (tertiary/aromatic N) is 3. The van der Waals surface area contributed by atoms with Crippen molar-refractivity contribution in [3.05, 3.63) is 60.2 Å². The number of aromatic nitrogens is 1. The Kier molecular flexibility index (Phi) is 6.05. The van der Waals surface area contributed by atoms with Gasteiger partial charge in [0.2, 0.25) is 5.91 Å². The van der Waals surface area contributed by atoms with Crippen LogP contribution in [0.1, 0.15) is 5.56 Å². The zero-order valence-corrected chi connectivity index (χ0v) is 14.7. The topological polar surface area (TPSA) is 82.6 Å². The average Bonchev–Trinajstić information content (AvgIpc) is 2.59. The van der Waals surface area contributed by atoms with Crippen molar-refractivity contribution in [1.29, 1.82) is 0 Å². The van der Waals surface area contributed by atoms with Crippen LogP contribution in [0.3, 0.4) is 0 Å². The van der Waals surface area contributed by atoms with Crippen molar-refractivity contribution in [3.63, 3.8) is 0 Å². The Morgan fingerprint density at radius 1 is 1.20 bits per heavy atom. The first-order chi connectivity index (χ1) is 11.8. The first-order valence-electron chi connectivity index (χ1n) is 7.42. The Hall–Kier alpha value is -2.52. The molecule has 1 heterocycles. The van der Waals surface area contributed by atoms with E-state index in [4.69, 9.17) is 0 Å². The third-order valence-electron chi connectivity index (χ3n) is 3.36. The molecule has 9 heteroatoms. The summed E-state index contributed by atoms with van der Waals surface area (Å²) in [6.07, 6.45) is 3.19. The maximum atomic E-state index is 14.1. The lowest BCUT2D eigenvalue weighted by molar-refractivity contribution is -0.119. The number of rotatable bonds is 7. The Bertz CT molecular complexity index is 828. The Labute approximate surface area is 146 Å². The number of anilines is 1. The van der Waals surface area contributed by atoms with Crippen LogP contribution in [-0.4, -0.2) is 44.3 Å². The third kappa shape index (κ3) is 4.74. The van der Waals surface area contributed by atoms with E-state index in [1.807, 2.05) is 0 Å². The minimum Gasteiger partial charge on any atom is -0.350 e. The summed E-state index contributed by atoms with van der Waals surface area (Å²) in [4.78, 5) is 16.1. The van der Waals surface area contributed by atoms with E-state index in [9.17, 15) is 17.6 Å². The van der Waals surface area contributed by atoms with Crippen LogP contribution in [0.4, 0.5) is 10.1 Å². The van der Waals surface area contributed by atoms with E-state index >= 15 is 0 Å². The highest BCUT2D eigenvalue weighted by Crippen LogP contribution is 2.22. The molecule has 0 unspecified atom stereocenters. The highest BCUT2D eigenvalue weighted by Gasteiger charge is 2.29. The van der Waals surface area contributed by atoms with E-state index in [1.54, 1.807) is 24.5 Å². The van der Waals surface area contributed by atoms with Gasteiger partial charge >= 0.3 is 10.2 Å². The second kappa shape index (κ2) is 8.04. The van der Waals surface area contributed by atoms with Crippen LogP contribution in [0.15, 0.2) is 48.8 Å². The number of pyridine rings is 1. The molecule has 1 aromatic carbocycles. The molecular formula is C16H19FN4O3S. The molecule has 0 atom stereocenters. The fourth-order valence-electron chi connectivity index (χ4n) is 2.03. The molecule has 134 valence electrons. The van der Waals surface area contributed by atoms with Crippen LogP contribution >= 0.6 is 0 Å². The van der Waals surface area contributed by atoms with E-state index in [1.165, 1.54) is 32.3 Å². The van der Waals surface area contributed by atoms with Gasteiger partial charge in [-0.3, -0.25) is 9.78 Å². The first kappa shape index (κ1) is 18.8. The molecule has 0 radical (unpaired) electrons. The molecule has 0 aliphatic carbocycles. The smallest absolute Gasteiger partial charge is 0.304 e. The van der Waals surface area contributed by atoms with Crippen molar-refractivity contribution >= 4 is 21.8 Å². The highest BCUT2D eigenvalue weighted by atomic mass is 32.2. The van der Waals surface area contributed by atoms with E-state index < -0.39 is 28.5 Å². The van der Waals surface area contributed by atoms with E-state index in [0.29, 0.717) is 0 Å². The van der Waals surface area contributed by atoms with E-state index in [-0.39, 0.29) is 12.2 Å². The quantitative estimate of drug-likeness (QED) is 0.797. The number of carbonyl (C=O) groups excluding carboxylic acids is 1. The SMILES string of the molecule is CN(C)S(=O)(=O)N(CC(=O)NCc1cccnc1)c1ccccc1F. The van der Waals surface area contributed by atoms with Crippen molar-refractivity contribution in [2.45, 2.75) is 6.54 Å². The number of nitrogens with one attached hydrogen (secondary N) is 1. The molecule has 2 rings (SSSR count). The molecule has 0 fully saturated rings. The van der Waals surface area contributed by atoms with Crippen molar-refractivity contribution in [2.75, 3.05) is 24.9 Å². The Morgan fingerprint density at radius 3 is 2.52 bits per heavy atom. The first-order valence-corrected chi connectivity index (χ1v) is 8.82. The van der Waals surface area contributed by atoms with Gasteiger partial charge in [-0.25, -0.2) is 8.70 Å². The van der Waals surface area contributed by atoms with Crippen molar-refractivity contribution < 1.29 is 17.6 Å². The number of hydrogen-bond donors (Lipinski definition) is 1. The second-order valence-electron chi connectivity index (χ2n) is 5.39. The summed E-state index contributed by atoms with van der Waals surface area (Å²) >= 11 is 0. The van der Waals surface area contributed by atoms with Crippen molar-refractivity contribution in [1.82, 2.24) is 14.6 Å². The van der Waals surface area contributed by atoms with Gasteiger partial charge in [-0.05, 0) is 23.8 Å². The lowest BCUT2D eigenvalue weighted by Gasteiger charge is -2.27. The van der Waals surface area contributed by atoms with Gasteiger partial charge in [0.05, 0.1) is 5.69 Å². The molecule has 2 aromatic rings. The second-order valence-corrected chi connectivity index (χ2v) is 7.45. The summed E-state index contributed by atoms with van der Waals surface area (Å²) in [6, 6.07) is 8.90. The summed E-state index contributed by atoms with van der Waals surface area (Å²) < 4.78 is 40.7. The molecular weight excluding hydrogens is 347 g/mol. The maximum absolute atomic E-state index is 14.1. The predicted molar refractivity (Wildman–Crippen MR) is 92.4 cm³/mol. The lowest BCUT2D eigenvalue weighted by atomic mass is 10.3. The zero-order valence-electron chi connectivity index (χ0n) is 13.9. The summed E-state index contributed by atoms with van der Waals surface area (Å²) in [5.41, 5.74) is 0.580. The van der Waals surface area contributed by atoms with Crippen LogP contribution in [0.2, 0.25) is 0 Å². The lowest BCUT2D eigenvalue weighted by Crippen LogP contribution is -2.46. The van der Waals surface area contributed by atoms with Gasteiger partial charge in [-0.2, -0.15) is 12.7 Å². The standard InChI is InChI=1S/C16H19FN4O3S/c1-20(2)25(23,24)21(15-8-4-3-7-14(15)17)12-16(22)19-11-13-6-5-9-18-10-13/h3-10H,11-12H2,1-2H3,(H,19,22). The van der Waals surface area contributed by atoms with Gasteiger partial charge in [0, 0.05) is 33.0 Å². The van der Waals surface area contributed by atoms with Gasteiger partial charge in [0.15, 0.2) is 0 Å². The summed E-state index contributed by atoms with van der Waals surface area (Å²) in [5, 5.41) is 2.60. The summed E-state index contributed by atoms with van der Waals surface area (Å²) in [7, 11) is -1.41. The number of halogens is 1. The molecule has 1 aromatic heterocycles. The highest BCUT2D eigenvalue weighted by molar-refractivity contribution is 7.90. The van der Waals surface area contributed by atoms with Crippen LogP contribution in [-0.2, 0) is 21.5 Å². The van der Waals surface area contributed by atoms with Gasteiger partial charge in [0.25, 0.3) is 0 Å². The van der Waals surface area contributed by atoms with Crippen LogP contribution in [0.5, 0.6) is 0 Å². The maximum Gasteiger partial charge on any atom is 0.304 e. The number of benzene rings is 1. The Morgan fingerprint density at radius 2 is 1.92 bits per heavy atom. The fraction of sp³-hybridized carbons (Fsp3) is 0.250. The largest absolute Gasteiger partial charge is 0.350 e. The molecule has 1 N–H and O–H groups in total. The minimum atomic E-state index is -4.04. The van der Waals surface area contributed by atoms with Gasteiger partial charge in [-0.15, -0.1) is 0 Å². The van der Waals surface area contributed by atoms with E-state index in [2.05, 4.69) is 10.3 Å². The van der Waals surface area contributed by atoms with Gasteiger partial charge < -0.3 is 5.32 Å². The number of hydrogen-bond acceptors (Lipinski definition) is 4. The Balaban J connectivity index is 2.19. The normalized spacial score (nSPS) is 11.4. The average molecular weight is 366 g/mol. The molecule has 0 saturated heterocycles. The molecule has 7 nitrogen and oxygen atoms in total. The van der Waals surface area contributed by atoms with Crippen LogP contribution in [0, 0.1) is 5.82 Å². The van der Waals surface area contributed by atoms with Crippen LogP contribution < -0.4 is 9.62 Å².